The van der Waals surface area contributed by atoms with E-state index in [4.69, 9.17) is 0 Å². The fraction of sp³-hybridized carbons (Fsp3) is 0.222. The molecule has 8 heteroatoms. The number of hydrogen-bond acceptors (Lipinski definition) is 2. The Morgan fingerprint density at radius 1 is 1.15 bits per heavy atom. The second kappa shape index (κ2) is 6.70. The lowest BCUT2D eigenvalue weighted by molar-refractivity contribution is -0.137. The quantitative estimate of drug-likeness (QED) is 0.664. The van der Waals surface area contributed by atoms with Gasteiger partial charge in [0, 0.05) is 24.1 Å². The number of imide groups is 1. The van der Waals surface area contributed by atoms with E-state index in [1.807, 2.05) is 6.92 Å². The van der Waals surface area contributed by atoms with Crippen LogP contribution in [-0.4, -0.2) is 28.0 Å². The van der Waals surface area contributed by atoms with Crippen LogP contribution in [-0.2, 0) is 11.0 Å². The summed E-state index contributed by atoms with van der Waals surface area (Å²) in [5.41, 5.74) is 0.113. The fourth-order valence-electron chi connectivity index (χ4n) is 2.73. The number of nitrogens with zero attached hydrogens (tertiary/aromatic N) is 2. The number of aromatic nitrogens is 1. The third kappa shape index (κ3) is 3.35. The molecule has 1 N–H and O–H groups in total. The van der Waals surface area contributed by atoms with Crippen LogP contribution in [0.25, 0.3) is 11.8 Å². The molecular weight excluding hydrogens is 347 g/mol. The number of carbonyl (C=O) groups is 2. The summed E-state index contributed by atoms with van der Waals surface area (Å²) < 4.78 is 40.3. The lowest BCUT2D eigenvalue weighted by atomic mass is 10.2. The number of carbonyl (C=O) groups excluding carboxylic acids is 2. The second-order valence-electron chi connectivity index (χ2n) is 5.80. The van der Waals surface area contributed by atoms with E-state index < -0.39 is 23.7 Å². The first kappa shape index (κ1) is 17.8. The van der Waals surface area contributed by atoms with E-state index in [1.54, 1.807) is 18.3 Å². The van der Waals surface area contributed by atoms with Crippen molar-refractivity contribution in [3.63, 3.8) is 0 Å². The molecule has 2 aromatic rings. The Bertz CT molecular complexity index is 884. The molecule has 1 aliphatic rings. The van der Waals surface area contributed by atoms with Crippen LogP contribution in [0.3, 0.4) is 0 Å². The van der Waals surface area contributed by atoms with Gasteiger partial charge >= 0.3 is 12.2 Å². The van der Waals surface area contributed by atoms with Crippen LogP contribution in [0.4, 0.5) is 18.0 Å². The molecule has 3 amide bonds. The minimum absolute atomic E-state index is 0.0929. The Balaban J connectivity index is 1.96. The van der Waals surface area contributed by atoms with Gasteiger partial charge in [0.2, 0.25) is 0 Å². The number of alkyl halides is 3. The first-order valence-electron chi connectivity index (χ1n) is 8.01. The SMILES string of the molecule is CCCN1C(=O)N/C(=C/c2cccn2-c2cccc(C(F)(F)F)c2)C1=O. The van der Waals surface area contributed by atoms with Gasteiger partial charge in [0.15, 0.2) is 0 Å². The summed E-state index contributed by atoms with van der Waals surface area (Å²) in [6, 6.07) is 7.68. The molecule has 1 fully saturated rings. The lowest BCUT2D eigenvalue weighted by Gasteiger charge is -2.11. The molecular formula is C18H16F3N3O2. The molecule has 5 nitrogen and oxygen atoms in total. The number of halogens is 3. The van der Waals surface area contributed by atoms with Crippen molar-refractivity contribution in [3.05, 3.63) is 59.5 Å². The average Bonchev–Trinajstić information content (AvgIpc) is 3.15. The third-order valence-corrected chi connectivity index (χ3v) is 3.93. The van der Waals surface area contributed by atoms with Crippen molar-refractivity contribution >= 4 is 18.0 Å². The number of amides is 3. The normalized spacial score (nSPS) is 16.5. The van der Waals surface area contributed by atoms with E-state index in [2.05, 4.69) is 5.32 Å². The predicted octanol–water partition coefficient (Wildman–Crippen LogP) is 3.80. The van der Waals surface area contributed by atoms with Gasteiger partial charge in [-0.2, -0.15) is 13.2 Å². The van der Waals surface area contributed by atoms with Crippen LogP contribution in [0, 0.1) is 0 Å². The van der Waals surface area contributed by atoms with Crippen LogP contribution < -0.4 is 5.32 Å². The largest absolute Gasteiger partial charge is 0.416 e. The first-order chi connectivity index (χ1) is 12.3. The lowest BCUT2D eigenvalue weighted by Crippen LogP contribution is -2.31. The van der Waals surface area contributed by atoms with Crippen molar-refractivity contribution in [1.29, 1.82) is 0 Å². The van der Waals surface area contributed by atoms with Gasteiger partial charge in [-0.15, -0.1) is 0 Å². The molecule has 0 unspecified atom stereocenters. The smallest absolute Gasteiger partial charge is 0.317 e. The zero-order valence-corrected chi connectivity index (χ0v) is 13.9. The van der Waals surface area contributed by atoms with Gasteiger partial charge in [-0.05, 0) is 42.8 Å². The summed E-state index contributed by atoms with van der Waals surface area (Å²) in [6.07, 6.45) is -0.770. The highest BCUT2D eigenvalue weighted by Crippen LogP contribution is 2.30. The summed E-state index contributed by atoms with van der Waals surface area (Å²) in [4.78, 5) is 25.2. The minimum atomic E-state index is -4.45. The van der Waals surface area contributed by atoms with Gasteiger partial charge in [-0.3, -0.25) is 9.69 Å². The number of rotatable bonds is 4. The number of benzene rings is 1. The molecule has 0 saturated carbocycles. The van der Waals surface area contributed by atoms with Gasteiger partial charge in [-0.25, -0.2) is 4.79 Å². The van der Waals surface area contributed by atoms with Crippen molar-refractivity contribution in [1.82, 2.24) is 14.8 Å². The average molecular weight is 363 g/mol. The second-order valence-corrected chi connectivity index (χ2v) is 5.80. The van der Waals surface area contributed by atoms with Gasteiger partial charge in [-0.1, -0.05) is 13.0 Å². The Morgan fingerprint density at radius 2 is 1.92 bits per heavy atom. The fourth-order valence-corrected chi connectivity index (χ4v) is 2.73. The van der Waals surface area contributed by atoms with Crippen LogP contribution in [0.15, 0.2) is 48.3 Å². The van der Waals surface area contributed by atoms with Crippen LogP contribution in [0.2, 0.25) is 0 Å². The maximum absolute atomic E-state index is 12.9. The zero-order chi connectivity index (χ0) is 18.9. The molecule has 26 heavy (non-hydrogen) atoms. The minimum Gasteiger partial charge on any atom is -0.317 e. The first-order valence-corrected chi connectivity index (χ1v) is 8.01. The van der Waals surface area contributed by atoms with Crippen molar-refractivity contribution in [2.45, 2.75) is 19.5 Å². The van der Waals surface area contributed by atoms with Crippen molar-refractivity contribution < 1.29 is 22.8 Å². The van der Waals surface area contributed by atoms with Crippen molar-refractivity contribution in [2.75, 3.05) is 6.54 Å². The van der Waals surface area contributed by atoms with E-state index in [0.29, 0.717) is 24.3 Å². The molecule has 0 aliphatic carbocycles. The molecule has 2 heterocycles. The molecule has 0 bridgehead atoms. The molecule has 1 aromatic heterocycles. The molecule has 0 radical (unpaired) electrons. The van der Waals surface area contributed by atoms with E-state index in [1.165, 1.54) is 22.8 Å². The van der Waals surface area contributed by atoms with Gasteiger partial charge in [0.05, 0.1) is 5.56 Å². The van der Waals surface area contributed by atoms with Crippen LogP contribution in [0.1, 0.15) is 24.6 Å². The van der Waals surface area contributed by atoms with E-state index in [9.17, 15) is 22.8 Å². The van der Waals surface area contributed by atoms with Crippen molar-refractivity contribution in [3.8, 4) is 5.69 Å². The highest BCUT2D eigenvalue weighted by Gasteiger charge is 2.33. The van der Waals surface area contributed by atoms with Gasteiger partial charge < -0.3 is 9.88 Å². The molecule has 1 aromatic carbocycles. The van der Waals surface area contributed by atoms with Crippen molar-refractivity contribution in [2.24, 2.45) is 0 Å². The molecule has 136 valence electrons. The van der Waals surface area contributed by atoms with Crippen LogP contribution in [0.5, 0.6) is 0 Å². The topological polar surface area (TPSA) is 54.3 Å². The van der Waals surface area contributed by atoms with E-state index >= 15 is 0 Å². The highest BCUT2D eigenvalue weighted by molar-refractivity contribution is 6.13. The Labute approximate surface area is 147 Å². The molecule has 0 spiro atoms. The molecule has 3 rings (SSSR count). The van der Waals surface area contributed by atoms with E-state index in [-0.39, 0.29) is 5.70 Å². The van der Waals surface area contributed by atoms with Gasteiger partial charge in [0.25, 0.3) is 5.91 Å². The van der Waals surface area contributed by atoms with Gasteiger partial charge in [0.1, 0.15) is 5.70 Å². The Morgan fingerprint density at radius 3 is 2.62 bits per heavy atom. The summed E-state index contributed by atoms with van der Waals surface area (Å²) >= 11 is 0. The highest BCUT2D eigenvalue weighted by atomic mass is 19.4. The standard InChI is InChI=1S/C18H16F3N3O2/c1-2-8-24-16(25)15(22-17(24)26)11-14-7-4-9-23(14)13-6-3-5-12(10-13)18(19,20)21/h3-7,9-11H,2,8H2,1H3,(H,22,26)/b15-11+. The summed E-state index contributed by atoms with van der Waals surface area (Å²) in [6.45, 7) is 2.15. The predicted molar refractivity (Wildman–Crippen MR) is 89.3 cm³/mol. The Hall–Kier alpha value is -3.03. The zero-order valence-electron chi connectivity index (χ0n) is 13.9. The summed E-state index contributed by atoms with van der Waals surface area (Å²) in [5, 5.41) is 2.50. The summed E-state index contributed by atoms with van der Waals surface area (Å²) in [7, 11) is 0. The molecule has 0 atom stereocenters. The maximum Gasteiger partial charge on any atom is 0.416 e. The maximum atomic E-state index is 12.9. The number of hydrogen-bond donors (Lipinski definition) is 1. The molecule has 1 saturated heterocycles. The molecule has 1 aliphatic heterocycles. The third-order valence-electron chi connectivity index (χ3n) is 3.93. The van der Waals surface area contributed by atoms with E-state index in [0.717, 1.165) is 17.0 Å². The van der Waals surface area contributed by atoms with Crippen LogP contribution >= 0.6 is 0 Å². The number of nitrogens with one attached hydrogen (secondary N) is 1. The Kier molecular flexibility index (Phi) is 4.58. The monoisotopic (exact) mass is 363 g/mol. The summed E-state index contributed by atoms with van der Waals surface area (Å²) in [5.74, 6) is -0.450. The number of urea groups is 1.